The van der Waals surface area contributed by atoms with Crippen LogP contribution in [0.4, 0.5) is 5.69 Å². The number of nitrogens with zero attached hydrogens (tertiary/aromatic N) is 1. The average Bonchev–Trinajstić information content (AvgIpc) is 2.19. The number of benzene rings is 1. The zero-order valence-corrected chi connectivity index (χ0v) is 8.76. The van der Waals surface area contributed by atoms with Crippen LogP contribution in [0.15, 0.2) is 24.3 Å². The van der Waals surface area contributed by atoms with Crippen molar-refractivity contribution in [3.63, 3.8) is 0 Å². The minimum atomic E-state index is 0. The molecule has 3 nitrogen and oxygen atoms in total. The Morgan fingerprint density at radius 2 is 1.93 bits per heavy atom. The maximum absolute atomic E-state index is 9.30. The molecule has 1 fully saturated rings. The van der Waals surface area contributed by atoms with Gasteiger partial charge in [-0.3, -0.25) is 0 Å². The second-order valence-electron chi connectivity index (χ2n) is 3.26. The Morgan fingerprint density at radius 1 is 1.21 bits per heavy atom. The van der Waals surface area contributed by atoms with Gasteiger partial charge in [-0.1, -0.05) is 6.07 Å². The number of phenolic OH excluding ortho intramolecular Hbond substituents is 1. The molecule has 14 heavy (non-hydrogen) atoms. The molecule has 0 amide bonds. The van der Waals surface area contributed by atoms with E-state index in [4.69, 9.17) is 0 Å². The summed E-state index contributed by atoms with van der Waals surface area (Å²) in [4.78, 5) is 2.27. The highest BCUT2D eigenvalue weighted by atomic mass is 35.5. The summed E-state index contributed by atoms with van der Waals surface area (Å²) in [6.07, 6.45) is 0. The van der Waals surface area contributed by atoms with Crippen molar-refractivity contribution in [3.8, 4) is 5.75 Å². The number of phenols is 1. The van der Waals surface area contributed by atoms with Crippen molar-refractivity contribution in [1.29, 1.82) is 0 Å². The first-order valence-corrected chi connectivity index (χ1v) is 4.61. The summed E-state index contributed by atoms with van der Waals surface area (Å²) in [6, 6.07) is 7.43. The summed E-state index contributed by atoms with van der Waals surface area (Å²) in [7, 11) is 0. The van der Waals surface area contributed by atoms with Gasteiger partial charge in [-0.05, 0) is 12.1 Å². The van der Waals surface area contributed by atoms with Crippen LogP contribution in [-0.4, -0.2) is 31.3 Å². The molecule has 4 heteroatoms. The quantitative estimate of drug-likeness (QED) is 0.738. The molecule has 1 aromatic carbocycles. The van der Waals surface area contributed by atoms with Gasteiger partial charge in [0, 0.05) is 37.9 Å². The van der Waals surface area contributed by atoms with Crippen molar-refractivity contribution in [2.75, 3.05) is 31.1 Å². The fourth-order valence-electron chi connectivity index (χ4n) is 1.61. The van der Waals surface area contributed by atoms with E-state index < -0.39 is 0 Å². The minimum Gasteiger partial charge on any atom is -0.508 e. The summed E-state index contributed by atoms with van der Waals surface area (Å²) < 4.78 is 0. The molecule has 2 rings (SSSR count). The van der Waals surface area contributed by atoms with Crippen molar-refractivity contribution in [3.05, 3.63) is 24.3 Å². The largest absolute Gasteiger partial charge is 0.508 e. The molecule has 1 heterocycles. The summed E-state index contributed by atoms with van der Waals surface area (Å²) in [5.74, 6) is 0.344. The van der Waals surface area contributed by atoms with Crippen LogP contribution in [0.25, 0.3) is 0 Å². The predicted octanol–water partition coefficient (Wildman–Crippen LogP) is 1.22. The lowest BCUT2D eigenvalue weighted by atomic mass is 10.2. The van der Waals surface area contributed by atoms with Gasteiger partial charge in [-0.15, -0.1) is 12.4 Å². The molecule has 1 saturated heterocycles. The van der Waals surface area contributed by atoms with Crippen LogP contribution in [0.2, 0.25) is 0 Å². The van der Waals surface area contributed by atoms with E-state index in [-0.39, 0.29) is 12.4 Å². The first-order valence-electron chi connectivity index (χ1n) is 4.61. The normalized spacial score (nSPS) is 16.1. The third kappa shape index (κ3) is 2.53. The maximum atomic E-state index is 9.30. The summed E-state index contributed by atoms with van der Waals surface area (Å²) >= 11 is 0. The molecule has 0 spiro atoms. The Bertz CT molecular complexity index is 287. The molecule has 78 valence electrons. The first-order chi connectivity index (χ1) is 6.36. The summed E-state index contributed by atoms with van der Waals surface area (Å²) in [6.45, 7) is 4.08. The van der Waals surface area contributed by atoms with E-state index >= 15 is 0 Å². The van der Waals surface area contributed by atoms with Crippen LogP contribution in [0.5, 0.6) is 5.75 Å². The van der Waals surface area contributed by atoms with Crippen LogP contribution >= 0.6 is 12.4 Å². The third-order valence-corrected chi connectivity index (χ3v) is 2.31. The Hall–Kier alpha value is -0.930. The number of halogens is 1. The van der Waals surface area contributed by atoms with Gasteiger partial charge in [0.15, 0.2) is 0 Å². The van der Waals surface area contributed by atoms with Gasteiger partial charge in [-0.25, -0.2) is 0 Å². The van der Waals surface area contributed by atoms with Gasteiger partial charge in [0.1, 0.15) is 5.75 Å². The van der Waals surface area contributed by atoms with Crippen LogP contribution < -0.4 is 10.2 Å². The van der Waals surface area contributed by atoms with E-state index in [9.17, 15) is 5.11 Å². The maximum Gasteiger partial charge on any atom is 0.117 e. The Labute approximate surface area is 90.1 Å². The highest BCUT2D eigenvalue weighted by Crippen LogP contribution is 2.19. The lowest BCUT2D eigenvalue weighted by Gasteiger charge is -2.29. The van der Waals surface area contributed by atoms with E-state index in [0.717, 1.165) is 31.9 Å². The number of anilines is 1. The standard InChI is InChI=1S/C10H14N2O.ClH/c13-10-3-1-2-9(8-10)12-6-4-11-5-7-12;/h1-3,8,11,13H,4-7H2;1H. The Morgan fingerprint density at radius 3 is 2.57 bits per heavy atom. The highest BCUT2D eigenvalue weighted by molar-refractivity contribution is 5.85. The number of aromatic hydroxyl groups is 1. The van der Waals surface area contributed by atoms with Gasteiger partial charge >= 0.3 is 0 Å². The molecule has 0 atom stereocenters. The van der Waals surface area contributed by atoms with Crippen molar-refractivity contribution in [2.24, 2.45) is 0 Å². The molecule has 0 unspecified atom stereocenters. The van der Waals surface area contributed by atoms with Crippen LogP contribution in [0, 0.1) is 0 Å². The fraction of sp³-hybridized carbons (Fsp3) is 0.400. The monoisotopic (exact) mass is 214 g/mol. The molecule has 1 aromatic rings. The second kappa shape index (κ2) is 5.08. The Balaban J connectivity index is 0.000000980. The lowest BCUT2D eigenvalue weighted by molar-refractivity contribution is 0.475. The number of nitrogens with one attached hydrogen (secondary N) is 1. The average molecular weight is 215 g/mol. The van der Waals surface area contributed by atoms with E-state index in [2.05, 4.69) is 10.2 Å². The van der Waals surface area contributed by atoms with Gasteiger partial charge in [-0.2, -0.15) is 0 Å². The topological polar surface area (TPSA) is 35.5 Å². The van der Waals surface area contributed by atoms with Gasteiger partial charge in [0.05, 0.1) is 0 Å². The minimum absolute atomic E-state index is 0. The molecule has 2 N–H and O–H groups in total. The van der Waals surface area contributed by atoms with Crippen LogP contribution in [0.1, 0.15) is 0 Å². The molecule has 0 bridgehead atoms. The first kappa shape index (κ1) is 11.1. The van der Waals surface area contributed by atoms with Crippen molar-refractivity contribution < 1.29 is 5.11 Å². The van der Waals surface area contributed by atoms with E-state index in [1.54, 1.807) is 6.07 Å². The van der Waals surface area contributed by atoms with E-state index in [0.29, 0.717) is 5.75 Å². The zero-order chi connectivity index (χ0) is 9.10. The summed E-state index contributed by atoms with van der Waals surface area (Å²) in [5, 5.41) is 12.6. The third-order valence-electron chi connectivity index (χ3n) is 2.31. The zero-order valence-electron chi connectivity index (χ0n) is 7.94. The van der Waals surface area contributed by atoms with Crippen LogP contribution in [0.3, 0.4) is 0 Å². The predicted molar refractivity (Wildman–Crippen MR) is 60.4 cm³/mol. The number of hydrogen-bond acceptors (Lipinski definition) is 3. The van der Waals surface area contributed by atoms with E-state index in [1.165, 1.54) is 0 Å². The molecular formula is C10H15ClN2O. The van der Waals surface area contributed by atoms with Crippen LogP contribution in [-0.2, 0) is 0 Å². The lowest BCUT2D eigenvalue weighted by Crippen LogP contribution is -2.43. The number of rotatable bonds is 1. The number of piperazine rings is 1. The molecule has 0 saturated carbocycles. The molecule has 0 radical (unpaired) electrons. The smallest absolute Gasteiger partial charge is 0.117 e. The molecule has 1 aliphatic rings. The van der Waals surface area contributed by atoms with Gasteiger partial charge < -0.3 is 15.3 Å². The van der Waals surface area contributed by atoms with Gasteiger partial charge in [0.2, 0.25) is 0 Å². The van der Waals surface area contributed by atoms with E-state index in [1.807, 2.05) is 18.2 Å². The molecular weight excluding hydrogens is 200 g/mol. The second-order valence-corrected chi connectivity index (χ2v) is 3.26. The summed E-state index contributed by atoms with van der Waals surface area (Å²) in [5.41, 5.74) is 1.11. The molecule has 1 aliphatic heterocycles. The fourth-order valence-corrected chi connectivity index (χ4v) is 1.61. The van der Waals surface area contributed by atoms with Crippen molar-refractivity contribution in [2.45, 2.75) is 0 Å². The number of hydrogen-bond donors (Lipinski definition) is 2. The van der Waals surface area contributed by atoms with Gasteiger partial charge in [0.25, 0.3) is 0 Å². The highest BCUT2D eigenvalue weighted by Gasteiger charge is 2.09. The van der Waals surface area contributed by atoms with Crippen molar-refractivity contribution in [1.82, 2.24) is 5.32 Å². The van der Waals surface area contributed by atoms with Crippen molar-refractivity contribution >= 4 is 18.1 Å². The Kier molecular flexibility index (Phi) is 4.04. The SMILES string of the molecule is Cl.Oc1cccc(N2CCNCC2)c1. The molecule has 0 aromatic heterocycles. The molecule has 0 aliphatic carbocycles.